The summed E-state index contributed by atoms with van der Waals surface area (Å²) in [5.74, 6) is 0.0730. The van der Waals surface area contributed by atoms with E-state index in [1.165, 1.54) is 14.2 Å². The highest BCUT2D eigenvalue weighted by molar-refractivity contribution is 5.76. The lowest BCUT2D eigenvalue weighted by atomic mass is 9.92. The molecule has 2 N–H and O–H groups in total. The van der Waals surface area contributed by atoms with Crippen LogP contribution in [0.15, 0.2) is 0 Å². The molecule has 0 aliphatic carbocycles. The first-order chi connectivity index (χ1) is 11.4. The molecule has 0 aromatic carbocycles. The van der Waals surface area contributed by atoms with Gasteiger partial charge >= 0.3 is 12.1 Å². The molecule has 7 heteroatoms. The normalized spacial score (nSPS) is 20.7. The van der Waals surface area contributed by atoms with Crippen LogP contribution in [0.1, 0.15) is 46.5 Å². The topological polar surface area (TPSA) is 79.9 Å². The van der Waals surface area contributed by atoms with Crippen LogP contribution in [0.3, 0.4) is 0 Å². The van der Waals surface area contributed by atoms with E-state index in [1.54, 1.807) is 0 Å². The van der Waals surface area contributed by atoms with Crippen molar-refractivity contribution in [2.45, 2.75) is 64.6 Å². The molecule has 0 spiro atoms. The number of unbranched alkanes of at least 4 members (excludes halogenated alkanes) is 1. The van der Waals surface area contributed by atoms with Crippen molar-refractivity contribution in [3.8, 4) is 0 Å². The number of alkyl carbamates (subject to hydrolysis) is 1. The molecule has 0 saturated carbocycles. The first-order valence-electron chi connectivity index (χ1n) is 8.83. The molecule has 3 unspecified atom stereocenters. The third-order valence-corrected chi connectivity index (χ3v) is 4.68. The Morgan fingerprint density at radius 1 is 1.29 bits per heavy atom. The van der Waals surface area contributed by atoms with Gasteiger partial charge in [0.2, 0.25) is 0 Å². The monoisotopic (exact) mass is 343 g/mol. The van der Waals surface area contributed by atoms with Gasteiger partial charge in [0, 0.05) is 25.3 Å². The predicted molar refractivity (Wildman–Crippen MR) is 92.6 cm³/mol. The predicted octanol–water partition coefficient (Wildman–Crippen LogP) is 1.72. The molecule has 1 amide bonds. The van der Waals surface area contributed by atoms with Gasteiger partial charge in [-0.3, -0.25) is 9.69 Å². The Hall–Kier alpha value is -1.34. The van der Waals surface area contributed by atoms with Gasteiger partial charge in [-0.1, -0.05) is 33.6 Å². The highest BCUT2D eigenvalue weighted by atomic mass is 16.5. The SMILES string of the molecule is CCCCC(CC(NC(=O)OC)C(C)C)N1CNCC1C(=O)OC. The second-order valence-electron chi connectivity index (χ2n) is 6.68. The lowest BCUT2D eigenvalue weighted by Gasteiger charge is -2.34. The van der Waals surface area contributed by atoms with Crippen molar-refractivity contribution in [1.82, 2.24) is 15.5 Å². The zero-order chi connectivity index (χ0) is 18.1. The van der Waals surface area contributed by atoms with E-state index in [1.807, 2.05) is 0 Å². The summed E-state index contributed by atoms with van der Waals surface area (Å²) in [7, 11) is 2.80. The second-order valence-corrected chi connectivity index (χ2v) is 6.68. The molecular weight excluding hydrogens is 310 g/mol. The summed E-state index contributed by atoms with van der Waals surface area (Å²) in [5.41, 5.74) is 0. The lowest BCUT2D eigenvalue weighted by molar-refractivity contribution is -0.146. The fourth-order valence-corrected chi connectivity index (χ4v) is 3.16. The number of esters is 1. The number of nitrogens with one attached hydrogen (secondary N) is 2. The van der Waals surface area contributed by atoms with Gasteiger partial charge in [0.05, 0.1) is 14.2 Å². The molecule has 1 saturated heterocycles. The average molecular weight is 343 g/mol. The molecule has 0 radical (unpaired) electrons. The molecule has 1 heterocycles. The van der Waals surface area contributed by atoms with E-state index in [0.717, 1.165) is 25.7 Å². The molecule has 1 aliphatic heterocycles. The summed E-state index contributed by atoms with van der Waals surface area (Å²) in [6, 6.07) is -0.0606. The quantitative estimate of drug-likeness (QED) is 0.621. The van der Waals surface area contributed by atoms with E-state index in [-0.39, 0.29) is 30.0 Å². The summed E-state index contributed by atoms with van der Waals surface area (Å²) in [6.07, 6.45) is 3.53. The molecular formula is C17H33N3O4. The first-order valence-corrected chi connectivity index (χ1v) is 8.83. The molecule has 140 valence electrons. The zero-order valence-electron chi connectivity index (χ0n) is 15.6. The molecule has 0 bridgehead atoms. The van der Waals surface area contributed by atoms with Crippen LogP contribution in [-0.4, -0.2) is 62.5 Å². The van der Waals surface area contributed by atoms with E-state index in [9.17, 15) is 9.59 Å². The maximum atomic E-state index is 12.1. The number of nitrogens with zero attached hydrogens (tertiary/aromatic N) is 1. The number of methoxy groups -OCH3 is 2. The minimum atomic E-state index is -0.410. The van der Waals surface area contributed by atoms with Gasteiger partial charge in [0.15, 0.2) is 0 Å². The summed E-state index contributed by atoms with van der Waals surface area (Å²) in [6.45, 7) is 7.59. The maximum absolute atomic E-state index is 12.1. The van der Waals surface area contributed by atoms with Crippen molar-refractivity contribution in [2.75, 3.05) is 27.4 Å². The van der Waals surface area contributed by atoms with Gasteiger partial charge in [0.25, 0.3) is 0 Å². The van der Waals surface area contributed by atoms with Crippen LogP contribution in [0.25, 0.3) is 0 Å². The fraction of sp³-hybridized carbons (Fsp3) is 0.882. The zero-order valence-corrected chi connectivity index (χ0v) is 15.6. The van der Waals surface area contributed by atoms with Crippen molar-refractivity contribution in [1.29, 1.82) is 0 Å². The third kappa shape index (κ3) is 5.94. The molecule has 1 aliphatic rings. The molecule has 3 atom stereocenters. The highest BCUT2D eigenvalue weighted by Gasteiger charge is 2.37. The van der Waals surface area contributed by atoms with E-state index in [2.05, 4.69) is 36.3 Å². The number of hydrogen-bond donors (Lipinski definition) is 2. The van der Waals surface area contributed by atoms with Crippen LogP contribution in [0, 0.1) is 5.92 Å². The van der Waals surface area contributed by atoms with Gasteiger partial charge in [0.1, 0.15) is 6.04 Å². The second kappa shape index (κ2) is 10.5. The van der Waals surface area contributed by atoms with E-state index in [4.69, 9.17) is 9.47 Å². The average Bonchev–Trinajstić information content (AvgIpc) is 3.05. The Morgan fingerprint density at radius 2 is 2.00 bits per heavy atom. The number of rotatable bonds is 9. The largest absolute Gasteiger partial charge is 0.468 e. The smallest absolute Gasteiger partial charge is 0.407 e. The Balaban J connectivity index is 2.85. The molecule has 1 rings (SSSR count). The Bertz CT molecular complexity index is 403. The van der Waals surface area contributed by atoms with Gasteiger partial charge in [-0.25, -0.2) is 4.79 Å². The van der Waals surface area contributed by atoms with E-state index >= 15 is 0 Å². The van der Waals surface area contributed by atoms with Crippen LogP contribution >= 0.6 is 0 Å². The van der Waals surface area contributed by atoms with E-state index in [0.29, 0.717) is 13.2 Å². The van der Waals surface area contributed by atoms with Crippen LogP contribution in [0.4, 0.5) is 4.79 Å². The molecule has 1 fully saturated rings. The van der Waals surface area contributed by atoms with Crippen LogP contribution in [0.2, 0.25) is 0 Å². The molecule has 7 nitrogen and oxygen atoms in total. The Morgan fingerprint density at radius 3 is 2.54 bits per heavy atom. The van der Waals surface area contributed by atoms with Gasteiger partial charge in [-0.15, -0.1) is 0 Å². The minimum absolute atomic E-state index is 0.00166. The van der Waals surface area contributed by atoms with E-state index < -0.39 is 6.09 Å². The fourth-order valence-electron chi connectivity index (χ4n) is 3.16. The highest BCUT2D eigenvalue weighted by Crippen LogP contribution is 2.22. The van der Waals surface area contributed by atoms with Crippen LogP contribution in [0.5, 0.6) is 0 Å². The molecule has 24 heavy (non-hydrogen) atoms. The number of carbonyl (C=O) groups excluding carboxylic acids is 2. The number of hydrogen-bond acceptors (Lipinski definition) is 6. The van der Waals surface area contributed by atoms with Crippen molar-refractivity contribution < 1.29 is 19.1 Å². The summed E-state index contributed by atoms with van der Waals surface area (Å²) < 4.78 is 9.69. The summed E-state index contributed by atoms with van der Waals surface area (Å²) in [5, 5.41) is 6.19. The number of ether oxygens (including phenoxy) is 2. The third-order valence-electron chi connectivity index (χ3n) is 4.68. The van der Waals surface area contributed by atoms with Gasteiger partial charge in [-0.05, 0) is 18.8 Å². The standard InChI is InChI=1S/C17H33N3O4/c1-6-7-8-13(9-14(12(2)3)19-17(22)24-5)20-11-18-10-15(20)16(21)23-4/h12-15,18H,6-11H2,1-5H3,(H,19,22). The van der Waals surface area contributed by atoms with Gasteiger partial charge in [-0.2, -0.15) is 0 Å². The molecule has 0 aromatic rings. The van der Waals surface area contributed by atoms with Gasteiger partial charge < -0.3 is 20.1 Å². The Labute approximate surface area is 145 Å². The van der Waals surface area contributed by atoms with Crippen molar-refractivity contribution in [2.24, 2.45) is 5.92 Å². The van der Waals surface area contributed by atoms with Crippen LogP contribution in [-0.2, 0) is 14.3 Å². The number of amides is 1. The molecule has 0 aromatic heterocycles. The first kappa shape index (κ1) is 20.7. The summed E-state index contributed by atoms with van der Waals surface area (Å²) >= 11 is 0. The van der Waals surface area contributed by atoms with Crippen molar-refractivity contribution in [3.05, 3.63) is 0 Å². The van der Waals surface area contributed by atoms with Crippen molar-refractivity contribution in [3.63, 3.8) is 0 Å². The lowest BCUT2D eigenvalue weighted by Crippen LogP contribution is -2.49. The number of carbonyl (C=O) groups is 2. The van der Waals surface area contributed by atoms with Crippen LogP contribution < -0.4 is 10.6 Å². The summed E-state index contributed by atoms with van der Waals surface area (Å²) in [4.78, 5) is 25.9. The van der Waals surface area contributed by atoms with Crippen molar-refractivity contribution >= 4 is 12.1 Å². The Kier molecular flexibility index (Phi) is 9.07. The minimum Gasteiger partial charge on any atom is -0.468 e. The maximum Gasteiger partial charge on any atom is 0.407 e.